The van der Waals surface area contributed by atoms with Crippen molar-refractivity contribution in [2.75, 3.05) is 25.1 Å². The molecule has 1 fully saturated rings. The molecule has 1 aromatic carbocycles. The molecule has 7 nitrogen and oxygen atoms in total. The van der Waals surface area contributed by atoms with Gasteiger partial charge in [0.25, 0.3) is 0 Å². The first-order chi connectivity index (χ1) is 12.6. The average Bonchev–Trinajstić information content (AvgIpc) is 3.24. The number of amides is 2. The molecule has 0 spiro atoms. The Morgan fingerprint density at radius 1 is 1.35 bits per heavy atom. The molecule has 2 heterocycles. The van der Waals surface area contributed by atoms with Gasteiger partial charge in [-0.2, -0.15) is 0 Å². The van der Waals surface area contributed by atoms with Crippen LogP contribution in [0.2, 0.25) is 0 Å². The van der Waals surface area contributed by atoms with Crippen LogP contribution in [-0.2, 0) is 16.1 Å². The van der Waals surface area contributed by atoms with Crippen molar-refractivity contribution in [1.29, 1.82) is 0 Å². The molecule has 1 aliphatic rings. The van der Waals surface area contributed by atoms with Crippen molar-refractivity contribution in [3.8, 4) is 5.75 Å². The largest absolute Gasteiger partial charge is 0.497 e. The number of anilines is 1. The second-order valence-electron chi connectivity index (χ2n) is 6.48. The van der Waals surface area contributed by atoms with Crippen molar-refractivity contribution in [2.24, 2.45) is 5.92 Å². The molecule has 3 rings (SSSR count). The van der Waals surface area contributed by atoms with E-state index in [1.165, 1.54) is 0 Å². The number of imidazole rings is 1. The van der Waals surface area contributed by atoms with Gasteiger partial charge in [0.05, 0.1) is 19.4 Å². The molecule has 1 aromatic heterocycles. The lowest BCUT2D eigenvalue weighted by Crippen LogP contribution is -2.33. The summed E-state index contributed by atoms with van der Waals surface area (Å²) in [7, 11) is 1.60. The van der Waals surface area contributed by atoms with Gasteiger partial charge in [-0.1, -0.05) is 0 Å². The summed E-state index contributed by atoms with van der Waals surface area (Å²) < 4.78 is 7.19. The molecule has 1 aliphatic heterocycles. The van der Waals surface area contributed by atoms with Crippen LogP contribution in [0.5, 0.6) is 5.75 Å². The molecule has 26 heavy (non-hydrogen) atoms. The number of aryl methyl sites for hydroxylation is 2. The summed E-state index contributed by atoms with van der Waals surface area (Å²) in [5.41, 5.74) is 1.90. The summed E-state index contributed by atoms with van der Waals surface area (Å²) in [5.74, 6) is 0.350. The van der Waals surface area contributed by atoms with Crippen LogP contribution in [0.1, 0.15) is 18.5 Å². The number of nitrogens with one attached hydrogen (secondary N) is 1. The van der Waals surface area contributed by atoms with Crippen molar-refractivity contribution >= 4 is 17.5 Å². The smallest absolute Gasteiger partial charge is 0.227 e. The Labute approximate surface area is 153 Å². The van der Waals surface area contributed by atoms with Gasteiger partial charge in [-0.25, -0.2) is 4.98 Å². The minimum atomic E-state index is -0.306. The van der Waals surface area contributed by atoms with Gasteiger partial charge in [-0.05, 0) is 37.6 Å². The Morgan fingerprint density at radius 2 is 2.12 bits per heavy atom. The van der Waals surface area contributed by atoms with Gasteiger partial charge in [0, 0.05) is 43.6 Å². The first-order valence-corrected chi connectivity index (χ1v) is 8.77. The van der Waals surface area contributed by atoms with E-state index in [-0.39, 0.29) is 24.2 Å². The Balaban J connectivity index is 1.48. The first kappa shape index (κ1) is 18.0. The molecular weight excluding hydrogens is 332 g/mol. The van der Waals surface area contributed by atoms with E-state index < -0.39 is 0 Å². The summed E-state index contributed by atoms with van der Waals surface area (Å²) in [6.07, 6.45) is 4.68. The van der Waals surface area contributed by atoms with E-state index in [4.69, 9.17) is 4.74 Å². The van der Waals surface area contributed by atoms with E-state index in [0.717, 1.165) is 30.1 Å². The van der Waals surface area contributed by atoms with E-state index in [2.05, 4.69) is 14.9 Å². The van der Waals surface area contributed by atoms with E-state index in [9.17, 15) is 9.59 Å². The molecule has 138 valence electrons. The van der Waals surface area contributed by atoms with Crippen LogP contribution < -0.4 is 15.0 Å². The Kier molecular flexibility index (Phi) is 5.55. The number of carbonyl (C=O) groups excluding carboxylic acids is 2. The zero-order valence-corrected chi connectivity index (χ0v) is 15.1. The van der Waals surface area contributed by atoms with Crippen LogP contribution in [0, 0.1) is 12.8 Å². The van der Waals surface area contributed by atoms with Crippen molar-refractivity contribution in [3.05, 3.63) is 42.5 Å². The third-order valence-electron chi connectivity index (χ3n) is 4.68. The molecule has 1 atom stereocenters. The summed E-state index contributed by atoms with van der Waals surface area (Å²) in [5, 5.41) is 2.95. The Morgan fingerprint density at radius 3 is 2.77 bits per heavy atom. The SMILES string of the molecule is COc1ccc(N2C[C@H](C(=O)NCCCn3cncc3C)CC2=O)cc1. The van der Waals surface area contributed by atoms with Gasteiger partial charge in [-0.15, -0.1) is 0 Å². The van der Waals surface area contributed by atoms with E-state index in [1.54, 1.807) is 18.3 Å². The minimum absolute atomic E-state index is 0.0237. The molecular formula is C19H24N4O3. The number of rotatable bonds is 7. The molecule has 7 heteroatoms. The van der Waals surface area contributed by atoms with E-state index >= 15 is 0 Å². The maximum Gasteiger partial charge on any atom is 0.227 e. The van der Waals surface area contributed by atoms with E-state index in [0.29, 0.717) is 13.1 Å². The third-order valence-corrected chi connectivity index (χ3v) is 4.68. The molecule has 0 radical (unpaired) electrons. The normalized spacial score (nSPS) is 16.8. The fourth-order valence-corrected chi connectivity index (χ4v) is 3.12. The molecule has 0 saturated carbocycles. The number of carbonyl (C=O) groups is 2. The minimum Gasteiger partial charge on any atom is -0.497 e. The predicted molar refractivity (Wildman–Crippen MR) is 98.0 cm³/mol. The van der Waals surface area contributed by atoms with Crippen molar-refractivity contribution in [2.45, 2.75) is 26.3 Å². The molecule has 0 unspecified atom stereocenters. The fourth-order valence-electron chi connectivity index (χ4n) is 3.12. The van der Waals surface area contributed by atoms with Gasteiger partial charge in [0.1, 0.15) is 5.75 Å². The number of ether oxygens (including phenoxy) is 1. The number of methoxy groups -OCH3 is 1. The second kappa shape index (κ2) is 8.03. The molecule has 0 aliphatic carbocycles. The lowest BCUT2D eigenvalue weighted by atomic mass is 10.1. The fraction of sp³-hybridized carbons (Fsp3) is 0.421. The number of hydrogen-bond donors (Lipinski definition) is 1. The van der Waals surface area contributed by atoms with Crippen molar-refractivity contribution in [3.63, 3.8) is 0 Å². The van der Waals surface area contributed by atoms with E-state index in [1.807, 2.05) is 37.4 Å². The van der Waals surface area contributed by atoms with Gasteiger partial charge < -0.3 is 19.5 Å². The lowest BCUT2D eigenvalue weighted by molar-refractivity contribution is -0.126. The van der Waals surface area contributed by atoms with Gasteiger partial charge in [0.2, 0.25) is 11.8 Å². The molecule has 2 aromatic rings. The molecule has 1 saturated heterocycles. The highest BCUT2D eigenvalue weighted by molar-refractivity contribution is 6.00. The standard InChI is InChI=1S/C19H24N4O3/c1-14-11-20-13-22(14)9-3-8-21-19(25)15-10-18(24)23(12-15)16-4-6-17(26-2)7-5-16/h4-7,11,13,15H,3,8-10,12H2,1-2H3,(H,21,25)/t15-/m1/s1. The van der Waals surface area contributed by atoms with Gasteiger partial charge >= 0.3 is 0 Å². The van der Waals surface area contributed by atoms with Crippen LogP contribution in [-0.4, -0.2) is 41.6 Å². The lowest BCUT2D eigenvalue weighted by Gasteiger charge is -2.17. The number of benzene rings is 1. The van der Waals surface area contributed by atoms with Crippen LogP contribution in [0.25, 0.3) is 0 Å². The highest BCUT2D eigenvalue weighted by atomic mass is 16.5. The second-order valence-corrected chi connectivity index (χ2v) is 6.48. The van der Waals surface area contributed by atoms with Crippen LogP contribution in [0.4, 0.5) is 5.69 Å². The zero-order chi connectivity index (χ0) is 18.5. The van der Waals surface area contributed by atoms with Crippen LogP contribution in [0.15, 0.2) is 36.8 Å². The van der Waals surface area contributed by atoms with Crippen molar-refractivity contribution in [1.82, 2.24) is 14.9 Å². The average molecular weight is 356 g/mol. The zero-order valence-electron chi connectivity index (χ0n) is 15.1. The summed E-state index contributed by atoms with van der Waals surface area (Å²) >= 11 is 0. The molecule has 0 bridgehead atoms. The summed E-state index contributed by atoms with van der Waals surface area (Å²) in [6, 6.07) is 7.30. The monoisotopic (exact) mass is 356 g/mol. The predicted octanol–water partition coefficient (Wildman–Crippen LogP) is 1.76. The highest BCUT2D eigenvalue weighted by Gasteiger charge is 2.34. The Bertz CT molecular complexity index is 769. The number of aromatic nitrogens is 2. The van der Waals surface area contributed by atoms with Crippen LogP contribution >= 0.6 is 0 Å². The first-order valence-electron chi connectivity index (χ1n) is 8.77. The van der Waals surface area contributed by atoms with Gasteiger partial charge in [-0.3, -0.25) is 9.59 Å². The summed E-state index contributed by atoms with van der Waals surface area (Å²) in [6.45, 7) is 3.82. The third kappa shape index (κ3) is 4.04. The van der Waals surface area contributed by atoms with Gasteiger partial charge in [0.15, 0.2) is 0 Å². The summed E-state index contributed by atoms with van der Waals surface area (Å²) in [4.78, 5) is 30.4. The quantitative estimate of drug-likeness (QED) is 0.767. The maximum absolute atomic E-state index is 12.4. The highest BCUT2D eigenvalue weighted by Crippen LogP contribution is 2.26. The van der Waals surface area contributed by atoms with Crippen LogP contribution in [0.3, 0.4) is 0 Å². The number of nitrogens with zero attached hydrogens (tertiary/aromatic N) is 3. The Hall–Kier alpha value is -2.83. The molecule has 1 N–H and O–H groups in total. The maximum atomic E-state index is 12.4. The topological polar surface area (TPSA) is 76.5 Å². The number of hydrogen-bond acceptors (Lipinski definition) is 4. The van der Waals surface area contributed by atoms with Crippen molar-refractivity contribution < 1.29 is 14.3 Å². The molecule has 2 amide bonds.